The lowest BCUT2D eigenvalue weighted by molar-refractivity contribution is 0.302. The van der Waals surface area contributed by atoms with Crippen LogP contribution in [0.5, 0.6) is 0 Å². The zero-order valence-corrected chi connectivity index (χ0v) is 10.2. The van der Waals surface area contributed by atoms with Gasteiger partial charge in [-0.1, -0.05) is 51.1 Å². The van der Waals surface area contributed by atoms with E-state index in [1.165, 1.54) is 44.9 Å². The number of hydrogen-bond acceptors (Lipinski definition) is 2. The molecule has 0 radical (unpaired) electrons. The molecule has 0 aromatic carbocycles. The highest BCUT2D eigenvalue weighted by Crippen LogP contribution is 2.27. The van der Waals surface area contributed by atoms with E-state index in [1.807, 2.05) is 0 Å². The van der Waals surface area contributed by atoms with E-state index in [4.69, 9.17) is 0 Å². The first kappa shape index (κ1) is 12.7. The van der Waals surface area contributed by atoms with Gasteiger partial charge in [0, 0.05) is 0 Å². The Bertz CT molecular complexity index is 181. The topological polar surface area (TPSA) is 29.4 Å². The average molecular weight is 211 g/mol. The first-order valence-electron chi connectivity index (χ1n) is 6.51. The van der Waals surface area contributed by atoms with E-state index < -0.39 is 0 Å². The van der Waals surface area contributed by atoms with Crippen molar-refractivity contribution in [3.8, 4) is 0 Å². The smallest absolute Gasteiger partial charge is 0.0839 e. The molecule has 0 N–H and O–H groups in total. The summed E-state index contributed by atoms with van der Waals surface area (Å²) >= 11 is 0. The maximum atomic E-state index is 10.4. The summed E-state index contributed by atoms with van der Waals surface area (Å²) in [5.74, 6) is 2.18. The third-order valence-corrected chi connectivity index (χ3v) is 3.78. The highest BCUT2D eigenvalue weighted by atomic mass is 16.3. The van der Waals surface area contributed by atoms with Crippen LogP contribution in [0.1, 0.15) is 58.8 Å². The first-order valence-corrected chi connectivity index (χ1v) is 6.51. The summed E-state index contributed by atoms with van der Waals surface area (Å²) < 4.78 is 0. The Hall–Kier alpha value is -0.400. The van der Waals surface area contributed by atoms with Crippen LogP contribution in [0.25, 0.3) is 0 Å². The quantitative estimate of drug-likeness (QED) is 0.623. The summed E-state index contributed by atoms with van der Waals surface area (Å²) in [4.78, 5) is 10.4. The fourth-order valence-corrected chi connectivity index (χ4v) is 2.73. The molecule has 0 saturated heterocycles. The molecule has 0 spiro atoms. The van der Waals surface area contributed by atoms with Crippen LogP contribution in [0.4, 0.5) is 0 Å². The molecule has 0 aliphatic heterocycles. The number of nitrogens with zero attached hydrogens (tertiary/aromatic N) is 1. The third kappa shape index (κ3) is 5.29. The van der Waals surface area contributed by atoms with Gasteiger partial charge in [-0.05, 0) is 30.6 Å². The molecular formula is C13H25NO. The molecule has 1 fully saturated rings. The summed E-state index contributed by atoms with van der Waals surface area (Å²) in [5.41, 5.74) is 0. The maximum absolute atomic E-state index is 10.4. The molecule has 0 heterocycles. The van der Waals surface area contributed by atoms with Crippen LogP contribution in [0.2, 0.25) is 0 Å². The molecule has 0 aromatic rings. The van der Waals surface area contributed by atoms with Gasteiger partial charge in [-0.15, -0.1) is 0 Å². The standard InChI is InChI=1S/C13H25NO/c1-11-5-3-4-6-12(2)9-13(8-7-11)10-14-15/h11-13H,3-10H2,1-2H3. The Balaban J connectivity index is 2.42. The van der Waals surface area contributed by atoms with Crippen LogP contribution in [0, 0.1) is 22.7 Å². The molecule has 2 nitrogen and oxygen atoms in total. The minimum Gasteiger partial charge on any atom is -0.151 e. The Morgan fingerprint density at radius 2 is 1.67 bits per heavy atom. The van der Waals surface area contributed by atoms with E-state index in [0.29, 0.717) is 12.5 Å². The lowest BCUT2D eigenvalue weighted by Gasteiger charge is -2.22. The van der Waals surface area contributed by atoms with Gasteiger partial charge in [0.05, 0.1) is 6.54 Å². The van der Waals surface area contributed by atoms with Crippen molar-refractivity contribution in [2.75, 3.05) is 6.54 Å². The molecule has 3 unspecified atom stereocenters. The van der Waals surface area contributed by atoms with Crippen LogP contribution in [0.15, 0.2) is 5.18 Å². The van der Waals surface area contributed by atoms with Crippen molar-refractivity contribution in [2.24, 2.45) is 22.9 Å². The monoisotopic (exact) mass is 211 g/mol. The van der Waals surface area contributed by atoms with Gasteiger partial charge < -0.3 is 0 Å². The van der Waals surface area contributed by atoms with Gasteiger partial charge in [-0.25, -0.2) is 0 Å². The van der Waals surface area contributed by atoms with Crippen LogP contribution in [-0.2, 0) is 0 Å². The summed E-state index contributed by atoms with van der Waals surface area (Å²) in [6.07, 6.45) is 9.16. The number of rotatable bonds is 2. The summed E-state index contributed by atoms with van der Waals surface area (Å²) in [6.45, 7) is 5.20. The van der Waals surface area contributed by atoms with E-state index >= 15 is 0 Å². The Kier molecular flexibility index (Phi) is 5.89. The van der Waals surface area contributed by atoms with Crippen molar-refractivity contribution >= 4 is 0 Å². The normalized spacial score (nSPS) is 34.7. The van der Waals surface area contributed by atoms with E-state index in [-0.39, 0.29) is 0 Å². The van der Waals surface area contributed by atoms with Gasteiger partial charge in [-0.2, -0.15) is 4.91 Å². The van der Waals surface area contributed by atoms with E-state index in [1.54, 1.807) is 0 Å². The molecule has 3 atom stereocenters. The van der Waals surface area contributed by atoms with Crippen molar-refractivity contribution in [3.63, 3.8) is 0 Å². The van der Waals surface area contributed by atoms with Crippen LogP contribution >= 0.6 is 0 Å². The summed E-state index contributed by atoms with van der Waals surface area (Å²) in [6, 6.07) is 0. The highest BCUT2D eigenvalue weighted by Gasteiger charge is 2.16. The van der Waals surface area contributed by atoms with Gasteiger partial charge in [0.1, 0.15) is 0 Å². The predicted octanol–water partition coefficient (Wildman–Crippen LogP) is 4.39. The summed E-state index contributed by atoms with van der Waals surface area (Å²) in [5, 5.41) is 3.10. The predicted molar refractivity (Wildman–Crippen MR) is 64.8 cm³/mol. The second-order valence-electron chi connectivity index (χ2n) is 5.49. The van der Waals surface area contributed by atoms with E-state index in [9.17, 15) is 4.91 Å². The lowest BCUT2D eigenvalue weighted by atomic mass is 9.84. The fraction of sp³-hybridized carbons (Fsp3) is 1.00. The molecule has 1 rings (SSSR count). The fourth-order valence-electron chi connectivity index (χ4n) is 2.73. The largest absolute Gasteiger partial charge is 0.151 e. The zero-order valence-electron chi connectivity index (χ0n) is 10.2. The molecule has 1 aliphatic carbocycles. The van der Waals surface area contributed by atoms with Gasteiger partial charge in [0.15, 0.2) is 0 Å². The van der Waals surface area contributed by atoms with Crippen LogP contribution in [-0.4, -0.2) is 6.54 Å². The van der Waals surface area contributed by atoms with Gasteiger partial charge in [-0.3, -0.25) is 0 Å². The Morgan fingerprint density at radius 3 is 2.33 bits per heavy atom. The van der Waals surface area contributed by atoms with Crippen molar-refractivity contribution < 1.29 is 0 Å². The first-order chi connectivity index (χ1) is 7.22. The second kappa shape index (κ2) is 6.97. The van der Waals surface area contributed by atoms with E-state index in [2.05, 4.69) is 19.0 Å². The van der Waals surface area contributed by atoms with Gasteiger partial charge in [0.2, 0.25) is 0 Å². The SMILES string of the molecule is CC1CCCCC(C)CC(CN=O)CC1. The van der Waals surface area contributed by atoms with E-state index in [0.717, 1.165) is 11.8 Å². The Morgan fingerprint density at radius 1 is 1.00 bits per heavy atom. The summed E-state index contributed by atoms with van der Waals surface area (Å²) in [7, 11) is 0. The van der Waals surface area contributed by atoms with Crippen molar-refractivity contribution in [3.05, 3.63) is 4.91 Å². The molecule has 1 aliphatic rings. The molecule has 88 valence electrons. The average Bonchev–Trinajstić information content (AvgIpc) is 2.21. The van der Waals surface area contributed by atoms with Gasteiger partial charge in [0.25, 0.3) is 0 Å². The maximum Gasteiger partial charge on any atom is 0.0839 e. The van der Waals surface area contributed by atoms with Gasteiger partial charge >= 0.3 is 0 Å². The van der Waals surface area contributed by atoms with Crippen molar-refractivity contribution in [2.45, 2.75) is 58.8 Å². The Labute approximate surface area is 93.8 Å². The lowest BCUT2D eigenvalue weighted by Crippen LogP contribution is -2.13. The van der Waals surface area contributed by atoms with Crippen LogP contribution < -0.4 is 0 Å². The molecule has 1 saturated carbocycles. The van der Waals surface area contributed by atoms with Crippen molar-refractivity contribution in [1.82, 2.24) is 0 Å². The zero-order chi connectivity index (χ0) is 11.1. The molecule has 0 aromatic heterocycles. The minimum atomic E-state index is 0.539. The molecule has 15 heavy (non-hydrogen) atoms. The second-order valence-corrected chi connectivity index (χ2v) is 5.49. The molecule has 0 bridgehead atoms. The van der Waals surface area contributed by atoms with Crippen LogP contribution in [0.3, 0.4) is 0 Å². The number of nitroso groups, excluding NO2 is 1. The van der Waals surface area contributed by atoms with Crippen molar-refractivity contribution in [1.29, 1.82) is 0 Å². The molecule has 0 amide bonds. The highest BCUT2D eigenvalue weighted by molar-refractivity contribution is 4.70. The molecular weight excluding hydrogens is 186 g/mol. The molecule has 2 heteroatoms. The third-order valence-electron chi connectivity index (χ3n) is 3.78. The minimum absolute atomic E-state index is 0.539. The number of hydrogen-bond donors (Lipinski definition) is 0.